The summed E-state index contributed by atoms with van der Waals surface area (Å²) in [6.45, 7) is 0. The molecule has 0 aromatic rings. The summed E-state index contributed by atoms with van der Waals surface area (Å²) in [7, 11) is 0. The predicted octanol–water partition coefficient (Wildman–Crippen LogP) is 1.96. The molecule has 60 valence electrons. The van der Waals surface area contributed by atoms with Crippen LogP contribution >= 0.6 is 0 Å². The molecular weight excluding hydrogens is 153 g/mol. The molecule has 0 aromatic carbocycles. The first-order valence-corrected chi connectivity index (χ1v) is 1.97. The summed E-state index contributed by atoms with van der Waals surface area (Å²) in [5, 5.41) is 13.9. The normalized spacial score (nSPS) is 9.20. The Kier molecular flexibility index (Phi) is 9.03. The lowest BCUT2D eigenvalue weighted by Crippen LogP contribution is -1.81. The van der Waals surface area contributed by atoms with E-state index in [2.05, 4.69) is 0 Å². The first kappa shape index (κ1) is 11.6. The Morgan fingerprint density at radius 3 is 1.70 bits per heavy atom. The van der Waals surface area contributed by atoms with Crippen LogP contribution in [0.5, 0.6) is 0 Å². The van der Waals surface area contributed by atoms with Gasteiger partial charge < -0.3 is 10.2 Å². The minimum atomic E-state index is -2.66. The second kappa shape index (κ2) is 7.80. The minimum absolute atomic E-state index is 0.167. The van der Waals surface area contributed by atoms with Crippen LogP contribution in [0.2, 0.25) is 0 Å². The molecule has 6 heteroatoms. The summed E-state index contributed by atoms with van der Waals surface area (Å²) in [5.74, 6) is 0. The van der Waals surface area contributed by atoms with E-state index in [1.165, 1.54) is 0 Å². The Balaban J connectivity index is 0. The fourth-order valence-corrected chi connectivity index (χ4v) is 0.0550. The van der Waals surface area contributed by atoms with E-state index in [9.17, 15) is 13.2 Å². The highest BCUT2D eigenvalue weighted by atomic mass is 19.3. The van der Waals surface area contributed by atoms with Gasteiger partial charge >= 0.3 is 6.16 Å². The molecule has 0 unspecified atom stereocenters. The Hall–Kier alpha value is -1.20. The van der Waals surface area contributed by atoms with E-state index in [0.29, 0.717) is 0 Å². The van der Waals surface area contributed by atoms with Crippen molar-refractivity contribution in [3.8, 4) is 0 Å². The average molecular weight is 158 g/mol. The van der Waals surface area contributed by atoms with Gasteiger partial charge in [-0.15, -0.1) is 0 Å². The van der Waals surface area contributed by atoms with Crippen LogP contribution in [0.15, 0.2) is 12.4 Å². The van der Waals surface area contributed by atoms with E-state index >= 15 is 0 Å². The second-order valence-corrected chi connectivity index (χ2v) is 0.935. The molecule has 0 aliphatic carbocycles. The Labute approximate surface area is 54.4 Å². The summed E-state index contributed by atoms with van der Waals surface area (Å²) < 4.78 is 32.0. The van der Waals surface area contributed by atoms with Crippen molar-refractivity contribution in [2.75, 3.05) is 0 Å². The van der Waals surface area contributed by atoms with E-state index in [-0.39, 0.29) is 12.4 Å². The molecule has 0 aliphatic heterocycles. The van der Waals surface area contributed by atoms with E-state index < -0.39 is 12.6 Å². The molecule has 0 fully saturated rings. The molecule has 0 heterocycles. The Bertz CT molecular complexity index is 108. The van der Waals surface area contributed by atoms with Crippen molar-refractivity contribution in [3.05, 3.63) is 12.4 Å². The van der Waals surface area contributed by atoms with Crippen molar-refractivity contribution in [3.63, 3.8) is 0 Å². The molecule has 0 amide bonds. The van der Waals surface area contributed by atoms with Gasteiger partial charge in [-0.3, -0.25) is 0 Å². The highest BCUT2D eigenvalue weighted by Crippen LogP contribution is 1.91. The molecule has 0 radical (unpaired) electrons. The summed E-state index contributed by atoms with van der Waals surface area (Å²) >= 11 is 0. The number of allylic oxidation sites excluding steroid dienone is 1. The third kappa shape index (κ3) is 70.6. The SMILES string of the molecule is FC=CC(F)F.O=C(O)O. The second-order valence-electron chi connectivity index (χ2n) is 0.935. The fraction of sp³-hybridized carbons (Fsp3) is 0.250. The molecule has 0 saturated carbocycles. The van der Waals surface area contributed by atoms with Gasteiger partial charge in [0.25, 0.3) is 6.43 Å². The van der Waals surface area contributed by atoms with Gasteiger partial charge in [0.05, 0.1) is 6.33 Å². The average Bonchev–Trinajstić information content (AvgIpc) is 1.62. The molecule has 0 aliphatic rings. The van der Waals surface area contributed by atoms with Crippen LogP contribution in [0, 0.1) is 0 Å². The first-order chi connectivity index (χ1) is 4.50. The third-order valence-corrected chi connectivity index (χ3v) is 0.218. The lowest BCUT2D eigenvalue weighted by molar-refractivity contribution is 0.137. The van der Waals surface area contributed by atoms with E-state index in [4.69, 9.17) is 15.0 Å². The monoisotopic (exact) mass is 158 g/mol. The van der Waals surface area contributed by atoms with Gasteiger partial charge in [-0.1, -0.05) is 0 Å². The number of halogens is 3. The highest BCUT2D eigenvalue weighted by Gasteiger charge is 1.89. The minimum Gasteiger partial charge on any atom is -0.450 e. The van der Waals surface area contributed by atoms with Crippen LogP contribution in [-0.4, -0.2) is 22.8 Å². The summed E-state index contributed by atoms with van der Waals surface area (Å²) in [6.07, 6.45) is -4.50. The molecule has 0 aromatic heterocycles. The van der Waals surface area contributed by atoms with Gasteiger partial charge in [-0.2, -0.15) is 0 Å². The maximum atomic E-state index is 10.7. The molecule has 0 spiro atoms. The van der Waals surface area contributed by atoms with Crippen molar-refractivity contribution in [1.29, 1.82) is 0 Å². The van der Waals surface area contributed by atoms with Gasteiger partial charge in [0.15, 0.2) is 0 Å². The maximum Gasteiger partial charge on any atom is 0.503 e. The number of alkyl halides is 2. The van der Waals surface area contributed by atoms with Crippen molar-refractivity contribution >= 4 is 6.16 Å². The Morgan fingerprint density at radius 2 is 1.70 bits per heavy atom. The zero-order valence-corrected chi connectivity index (χ0v) is 4.67. The van der Waals surface area contributed by atoms with E-state index in [0.717, 1.165) is 0 Å². The number of hydrogen-bond acceptors (Lipinski definition) is 1. The summed E-state index contributed by atoms with van der Waals surface area (Å²) in [4.78, 5) is 8.56. The van der Waals surface area contributed by atoms with Crippen LogP contribution in [0.3, 0.4) is 0 Å². The van der Waals surface area contributed by atoms with E-state index in [1.807, 2.05) is 0 Å². The van der Waals surface area contributed by atoms with Crippen molar-refractivity contribution < 1.29 is 28.2 Å². The molecular formula is C4H5F3O3. The van der Waals surface area contributed by atoms with Crippen LogP contribution in [0.25, 0.3) is 0 Å². The standard InChI is InChI=1S/C3H3F3.CH2O3/c4-2-1-3(5)6;2-1(3)4/h1-3H;(H2,2,3,4). The number of hydrogen-bond donors (Lipinski definition) is 2. The molecule has 3 nitrogen and oxygen atoms in total. The quantitative estimate of drug-likeness (QED) is 0.613. The molecule has 2 N–H and O–H groups in total. The first-order valence-electron chi connectivity index (χ1n) is 1.97. The lowest BCUT2D eigenvalue weighted by Gasteiger charge is -1.76. The Morgan fingerprint density at radius 1 is 1.40 bits per heavy atom. The fourth-order valence-electron chi connectivity index (χ4n) is 0.0550. The maximum absolute atomic E-state index is 10.7. The molecule has 0 bridgehead atoms. The van der Waals surface area contributed by atoms with Gasteiger partial charge in [0.2, 0.25) is 0 Å². The van der Waals surface area contributed by atoms with Crippen molar-refractivity contribution in [2.45, 2.75) is 6.43 Å². The van der Waals surface area contributed by atoms with Crippen LogP contribution in [-0.2, 0) is 0 Å². The lowest BCUT2D eigenvalue weighted by atomic mass is 10.7. The highest BCUT2D eigenvalue weighted by molar-refractivity contribution is 5.53. The van der Waals surface area contributed by atoms with Gasteiger partial charge in [-0.25, -0.2) is 18.0 Å². The van der Waals surface area contributed by atoms with Crippen LogP contribution < -0.4 is 0 Å². The molecule has 0 atom stereocenters. The number of carbonyl (C=O) groups is 1. The van der Waals surface area contributed by atoms with E-state index in [1.54, 1.807) is 0 Å². The predicted molar refractivity (Wildman–Crippen MR) is 26.9 cm³/mol. The summed E-state index contributed by atoms with van der Waals surface area (Å²) in [5.41, 5.74) is 0. The smallest absolute Gasteiger partial charge is 0.450 e. The van der Waals surface area contributed by atoms with Gasteiger partial charge in [0, 0.05) is 6.08 Å². The summed E-state index contributed by atoms with van der Waals surface area (Å²) in [6, 6.07) is 0. The van der Waals surface area contributed by atoms with Crippen molar-refractivity contribution in [2.24, 2.45) is 0 Å². The van der Waals surface area contributed by atoms with Gasteiger partial charge in [-0.05, 0) is 0 Å². The zero-order chi connectivity index (χ0) is 8.57. The number of carboxylic acid groups (broad SMARTS) is 2. The molecule has 0 rings (SSSR count). The third-order valence-electron chi connectivity index (χ3n) is 0.218. The van der Waals surface area contributed by atoms with Crippen LogP contribution in [0.4, 0.5) is 18.0 Å². The largest absolute Gasteiger partial charge is 0.503 e. The number of rotatable bonds is 1. The van der Waals surface area contributed by atoms with Crippen LogP contribution in [0.1, 0.15) is 0 Å². The van der Waals surface area contributed by atoms with Gasteiger partial charge in [0.1, 0.15) is 0 Å². The zero-order valence-electron chi connectivity index (χ0n) is 4.67. The van der Waals surface area contributed by atoms with Crippen molar-refractivity contribution in [1.82, 2.24) is 0 Å². The topological polar surface area (TPSA) is 57.5 Å². The molecule has 10 heavy (non-hydrogen) atoms. The molecule has 0 saturated heterocycles.